The number of methoxy groups -OCH3 is 1. The lowest BCUT2D eigenvalue weighted by Gasteiger charge is -2.50. The highest BCUT2D eigenvalue weighted by Crippen LogP contribution is 2.37. The molecule has 0 amide bonds. The molecule has 3 heterocycles. The Morgan fingerprint density at radius 2 is 2.14 bits per heavy atom. The van der Waals surface area contributed by atoms with Crippen molar-refractivity contribution in [3.8, 4) is 11.8 Å². The van der Waals surface area contributed by atoms with Crippen molar-refractivity contribution in [2.45, 2.75) is 38.5 Å². The average molecular weight is 480 g/mol. The Kier molecular flexibility index (Phi) is 6.26. The molecule has 5 rings (SSSR count). The molecule has 1 unspecified atom stereocenters. The number of esters is 1. The first-order valence-electron chi connectivity index (χ1n) is 12.0. The molecule has 3 aliphatic heterocycles. The Hall–Kier alpha value is -2.99. The van der Waals surface area contributed by atoms with Crippen molar-refractivity contribution in [3.05, 3.63) is 63.5 Å². The third-order valence-corrected chi connectivity index (χ3v) is 7.69. The SMILES string of the molecule is COc1cc(CCN2CCN3C[C@@](C)(c4ccc5c(c4C)COC5=O)OCC3C2)cc(F)c1C#N. The van der Waals surface area contributed by atoms with E-state index in [1.165, 1.54) is 13.2 Å². The zero-order valence-corrected chi connectivity index (χ0v) is 20.4. The van der Waals surface area contributed by atoms with E-state index in [2.05, 4.69) is 23.6 Å². The molecule has 0 aromatic heterocycles. The maximum absolute atomic E-state index is 14.3. The number of carbonyl (C=O) groups is 1. The highest BCUT2D eigenvalue weighted by atomic mass is 19.1. The van der Waals surface area contributed by atoms with Crippen LogP contribution >= 0.6 is 0 Å². The summed E-state index contributed by atoms with van der Waals surface area (Å²) >= 11 is 0. The molecule has 35 heavy (non-hydrogen) atoms. The Morgan fingerprint density at radius 1 is 1.31 bits per heavy atom. The highest BCUT2D eigenvalue weighted by Gasteiger charge is 2.42. The van der Waals surface area contributed by atoms with Crippen LogP contribution in [0.2, 0.25) is 0 Å². The molecule has 184 valence electrons. The first-order valence-corrected chi connectivity index (χ1v) is 12.0. The molecule has 0 bridgehead atoms. The molecule has 2 aromatic rings. The fraction of sp³-hybridized carbons (Fsp3) is 0.481. The third-order valence-electron chi connectivity index (χ3n) is 7.69. The zero-order chi connectivity index (χ0) is 24.7. The molecule has 0 radical (unpaired) electrons. The first kappa shape index (κ1) is 23.7. The summed E-state index contributed by atoms with van der Waals surface area (Å²) in [7, 11) is 1.45. The summed E-state index contributed by atoms with van der Waals surface area (Å²) in [6.45, 7) is 9.47. The minimum atomic E-state index is -0.538. The van der Waals surface area contributed by atoms with Gasteiger partial charge in [0.1, 0.15) is 35.4 Å². The second-order valence-electron chi connectivity index (χ2n) is 9.82. The summed E-state index contributed by atoms with van der Waals surface area (Å²) in [4.78, 5) is 16.8. The fourth-order valence-electron chi connectivity index (χ4n) is 5.66. The lowest BCUT2D eigenvalue weighted by Crippen LogP contribution is -2.62. The van der Waals surface area contributed by atoms with Gasteiger partial charge in [0, 0.05) is 44.3 Å². The van der Waals surface area contributed by atoms with Crippen LogP contribution in [0.25, 0.3) is 0 Å². The molecular weight excluding hydrogens is 449 g/mol. The van der Waals surface area contributed by atoms with E-state index in [9.17, 15) is 9.18 Å². The summed E-state index contributed by atoms with van der Waals surface area (Å²) in [6, 6.07) is 9.23. The van der Waals surface area contributed by atoms with E-state index in [0.29, 0.717) is 31.2 Å². The van der Waals surface area contributed by atoms with E-state index < -0.39 is 11.4 Å². The molecular formula is C27H30FN3O4. The van der Waals surface area contributed by atoms with Crippen LogP contribution in [0.4, 0.5) is 4.39 Å². The number of rotatable bonds is 5. The molecule has 2 saturated heterocycles. The van der Waals surface area contributed by atoms with Gasteiger partial charge in [-0.2, -0.15) is 5.26 Å². The number of cyclic esters (lactones) is 1. The fourth-order valence-corrected chi connectivity index (χ4v) is 5.66. The monoisotopic (exact) mass is 479 g/mol. The summed E-state index contributed by atoms with van der Waals surface area (Å²) in [5, 5.41) is 9.13. The van der Waals surface area contributed by atoms with Crippen LogP contribution in [0.15, 0.2) is 24.3 Å². The van der Waals surface area contributed by atoms with E-state index in [1.807, 2.05) is 18.2 Å². The number of nitrogens with zero attached hydrogens (tertiary/aromatic N) is 3. The maximum atomic E-state index is 14.3. The van der Waals surface area contributed by atoms with Gasteiger partial charge in [-0.05, 0) is 55.2 Å². The predicted molar refractivity (Wildman–Crippen MR) is 127 cm³/mol. The number of morpholine rings is 1. The zero-order valence-electron chi connectivity index (χ0n) is 20.4. The van der Waals surface area contributed by atoms with Crippen LogP contribution in [0.5, 0.6) is 5.75 Å². The van der Waals surface area contributed by atoms with Crippen molar-refractivity contribution in [1.29, 1.82) is 5.26 Å². The number of piperazine rings is 1. The molecule has 2 atom stereocenters. The Balaban J connectivity index is 1.22. The molecule has 7 nitrogen and oxygen atoms in total. The van der Waals surface area contributed by atoms with Gasteiger partial charge in [-0.1, -0.05) is 6.07 Å². The maximum Gasteiger partial charge on any atom is 0.338 e. The number of benzene rings is 2. The highest BCUT2D eigenvalue weighted by molar-refractivity contribution is 5.94. The van der Waals surface area contributed by atoms with Gasteiger partial charge in [0.15, 0.2) is 0 Å². The van der Waals surface area contributed by atoms with Crippen molar-refractivity contribution in [1.82, 2.24) is 9.80 Å². The standard InChI is InChI=1S/C27H30FN3O4/c1-17-22-15-34-26(32)20(22)4-5-23(17)27(2)16-31-9-8-30(13-19(31)14-35-27)7-6-18-10-24(28)21(12-29)25(11-18)33-3/h4-5,10-11,19H,6-9,13-16H2,1-3H3/t19?,27-/m0/s1. The number of hydrogen-bond donors (Lipinski definition) is 0. The smallest absolute Gasteiger partial charge is 0.338 e. The van der Waals surface area contributed by atoms with Gasteiger partial charge in [-0.15, -0.1) is 0 Å². The normalized spacial score (nSPS) is 24.4. The molecule has 2 aromatic carbocycles. The predicted octanol–water partition coefficient (Wildman–Crippen LogP) is 3.16. The van der Waals surface area contributed by atoms with Crippen molar-refractivity contribution < 1.29 is 23.4 Å². The molecule has 0 spiro atoms. The van der Waals surface area contributed by atoms with Gasteiger partial charge in [0.05, 0.1) is 19.3 Å². The molecule has 0 saturated carbocycles. The van der Waals surface area contributed by atoms with E-state index in [4.69, 9.17) is 19.5 Å². The lowest BCUT2D eigenvalue weighted by atomic mass is 9.85. The Morgan fingerprint density at radius 3 is 2.91 bits per heavy atom. The van der Waals surface area contributed by atoms with E-state index in [1.54, 1.807) is 6.07 Å². The van der Waals surface area contributed by atoms with Crippen LogP contribution in [0.1, 0.15) is 45.1 Å². The van der Waals surface area contributed by atoms with Crippen LogP contribution in [0.3, 0.4) is 0 Å². The third kappa shape index (κ3) is 4.29. The molecule has 0 aliphatic carbocycles. The van der Waals surface area contributed by atoms with Gasteiger partial charge >= 0.3 is 5.97 Å². The largest absolute Gasteiger partial charge is 0.495 e. The Bertz CT molecular complexity index is 1210. The van der Waals surface area contributed by atoms with Crippen molar-refractivity contribution >= 4 is 5.97 Å². The molecule has 3 aliphatic rings. The van der Waals surface area contributed by atoms with Gasteiger partial charge in [0.25, 0.3) is 0 Å². The quantitative estimate of drug-likeness (QED) is 0.610. The number of nitriles is 1. The van der Waals surface area contributed by atoms with Gasteiger partial charge in [-0.25, -0.2) is 9.18 Å². The average Bonchev–Trinajstić information content (AvgIpc) is 3.24. The minimum Gasteiger partial charge on any atom is -0.495 e. The Labute approximate surface area is 205 Å². The second kappa shape index (κ2) is 9.23. The van der Waals surface area contributed by atoms with Gasteiger partial charge in [0.2, 0.25) is 0 Å². The minimum absolute atomic E-state index is 0.0509. The van der Waals surface area contributed by atoms with Crippen molar-refractivity contribution in [2.24, 2.45) is 0 Å². The number of carbonyl (C=O) groups excluding carboxylic acids is 1. The van der Waals surface area contributed by atoms with Crippen molar-refractivity contribution in [2.75, 3.05) is 46.4 Å². The second-order valence-corrected chi connectivity index (χ2v) is 9.82. The number of halogens is 1. The van der Waals surface area contributed by atoms with Crippen LogP contribution in [-0.2, 0) is 28.1 Å². The van der Waals surface area contributed by atoms with Crippen LogP contribution in [0, 0.1) is 24.1 Å². The van der Waals surface area contributed by atoms with E-state index in [0.717, 1.165) is 55.0 Å². The summed E-state index contributed by atoms with van der Waals surface area (Å²) in [5.41, 5.74) is 4.16. The number of ether oxygens (including phenoxy) is 3. The number of hydrogen-bond acceptors (Lipinski definition) is 7. The number of fused-ring (bicyclic) bond motifs is 2. The van der Waals surface area contributed by atoms with Gasteiger partial charge in [-0.3, -0.25) is 4.90 Å². The molecule has 0 N–H and O–H groups in total. The summed E-state index contributed by atoms with van der Waals surface area (Å²) in [5.74, 6) is -0.503. The molecule has 8 heteroatoms. The van der Waals surface area contributed by atoms with E-state index in [-0.39, 0.29) is 17.3 Å². The topological polar surface area (TPSA) is 75.0 Å². The summed E-state index contributed by atoms with van der Waals surface area (Å²) in [6.07, 6.45) is 0.680. The van der Waals surface area contributed by atoms with Gasteiger partial charge < -0.3 is 19.1 Å². The van der Waals surface area contributed by atoms with E-state index >= 15 is 0 Å². The first-order chi connectivity index (χ1) is 16.8. The van der Waals surface area contributed by atoms with Crippen LogP contribution in [-0.4, -0.2) is 68.3 Å². The summed E-state index contributed by atoms with van der Waals surface area (Å²) < 4.78 is 31.2. The molecule has 2 fully saturated rings. The van der Waals surface area contributed by atoms with Crippen molar-refractivity contribution in [3.63, 3.8) is 0 Å². The van der Waals surface area contributed by atoms with Crippen LogP contribution < -0.4 is 4.74 Å². The lowest BCUT2D eigenvalue weighted by molar-refractivity contribution is -0.145.